The molecule has 2 amide bonds. The molecule has 0 saturated carbocycles. The molecule has 3 N–H and O–H groups in total. The third kappa shape index (κ3) is 4.92. The minimum atomic E-state index is -3.94. The van der Waals surface area contributed by atoms with Crippen LogP contribution in [-0.2, 0) is 19.6 Å². The Morgan fingerprint density at radius 3 is 2.54 bits per heavy atom. The van der Waals surface area contributed by atoms with Crippen LogP contribution in [0.1, 0.15) is 37.0 Å². The van der Waals surface area contributed by atoms with Crippen molar-refractivity contribution in [2.75, 3.05) is 18.8 Å². The lowest BCUT2D eigenvalue weighted by molar-refractivity contribution is -0.138. The molecule has 2 saturated heterocycles. The molecule has 3 heterocycles. The molecule has 186 valence electrons. The van der Waals surface area contributed by atoms with Crippen LogP contribution in [0.25, 0.3) is 0 Å². The SMILES string of the molecule is CC(C)CC(NC(=O)c1ccc(N)cc1)C(=O)N1CCC2C1C(=O)CN2S(=O)(=O)c1cccnc1. The van der Waals surface area contributed by atoms with Gasteiger partial charge in [-0.1, -0.05) is 13.8 Å². The molecule has 0 radical (unpaired) electrons. The van der Waals surface area contributed by atoms with E-state index in [1.165, 1.54) is 33.7 Å². The summed E-state index contributed by atoms with van der Waals surface area (Å²) in [6.45, 7) is 3.80. The number of ketones is 1. The Morgan fingerprint density at radius 1 is 1.20 bits per heavy atom. The predicted octanol–water partition coefficient (Wildman–Crippen LogP) is 1.05. The maximum atomic E-state index is 13.6. The highest BCUT2D eigenvalue weighted by molar-refractivity contribution is 7.89. The third-order valence-corrected chi connectivity index (χ3v) is 8.24. The van der Waals surface area contributed by atoms with Gasteiger partial charge in [0.1, 0.15) is 17.0 Å². The number of sulfonamides is 1. The summed E-state index contributed by atoms with van der Waals surface area (Å²) in [6.07, 6.45) is 3.43. The molecule has 0 aliphatic carbocycles. The van der Waals surface area contributed by atoms with Crippen LogP contribution in [0.4, 0.5) is 5.69 Å². The quantitative estimate of drug-likeness (QED) is 0.542. The van der Waals surface area contributed by atoms with Crippen LogP contribution in [0.2, 0.25) is 0 Å². The summed E-state index contributed by atoms with van der Waals surface area (Å²) < 4.78 is 27.5. The van der Waals surface area contributed by atoms with Gasteiger partial charge in [-0.05, 0) is 55.2 Å². The van der Waals surface area contributed by atoms with E-state index >= 15 is 0 Å². The van der Waals surface area contributed by atoms with Crippen molar-refractivity contribution in [3.05, 3.63) is 54.4 Å². The standard InChI is InChI=1S/C24H29N5O5S/c1-15(2)12-19(27-23(31)16-5-7-17(25)8-6-16)24(32)28-11-9-20-22(28)21(30)14-29(20)35(33,34)18-4-3-10-26-13-18/h3-8,10,13,15,19-20,22H,9,11-12,14,25H2,1-2H3,(H,27,31). The van der Waals surface area contributed by atoms with Crippen molar-refractivity contribution in [1.82, 2.24) is 19.5 Å². The molecule has 2 aliphatic rings. The van der Waals surface area contributed by atoms with Crippen molar-refractivity contribution in [2.24, 2.45) is 5.92 Å². The Labute approximate surface area is 204 Å². The van der Waals surface area contributed by atoms with Crippen LogP contribution in [0.3, 0.4) is 0 Å². The zero-order chi connectivity index (χ0) is 25.3. The Morgan fingerprint density at radius 2 is 1.91 bits per heavy atom. The van der Waals surface area contributed by atoms with Gasteiger partial charge in [0.15, 0.2) is 5.78 Å². The number of nitrogen functional groups attached to an aromatic ring is 1. The maximum Gasteiger partial charge on any atom is 0.251 e. The number of nitrogens with zero attached hydrogens (tertiary/aromatic N) is 3. The molecule has 3 atom stereocenters. The molecule has 1 aromatic carbocycles. The number of nitrogens with one attached hydrogen (secondary N) is 1. The molecule has 10 nitrogen and oxygen atoms in total. The fraction of sp³-hybridized carbons (Fsp3) is 0.417. The largest absolute Gasteiger partial charge is 0.399 e. The topological polar surface area (TPSA) is 143 Å². The zero-order valence-corrected chi connectivity index (χ0v) is 20.4. The number of carbonyl (C=O) groups is 3. The molecule has 2 aromatic rings. The number of hydrogen-bond acceptors (Lipinski definition) is 7. The average molecular weight is 500 g/mol. The van der Waals surface area contributed by atoms with Gasteiger partial charge in [0.25, 0.3) is 5.91 Å². The number of pyridine rings is 1. The Hall–Kier alpha value is -3.31. The normalized spacial score (nSPS) is 21.2. The fourth-order valence-corrected chi connectivity index (χ4v) is 6.33. The number of Topliss-reactive ketones (excluding diaryl/α,β-unsaturated/α-hetero) is 1. The van der Waals surface area contributed by atoms with Crippen molar-refractivity contribution in [3.8, 4) is 0 Å². The van der Waals surface area contributed by atoms with Crippen molar-refractivity contribution in [3.63, 3.8) is 0 Å². The highest BCUT2D eigenvalue weighted by Gasteiger charge is 2.54. The van der Waals surface area contributed by atoms with Gasteiger partial charge in [-0.25, -0.2) is 8.42 Å². The average Bonchev–Trinajstić information content (AvgIpc) is 3.40. The Balaban J connectivity index is 1.54. The van der Waals surface area contributed by atoms with Gasteiger partial charge in [-0.3, -0.25) is 19.4 Å². The van der Waals surface area contributed by atoms with E-state index in [0.29, 0.717) is 24.1 Å². The number of likely N-dealkylation sites (tertiary alicyclic amines) is 1. The maximum absolute atomic E-state index is 13.6. The minimum Gasteiger partial charge on any atom is -0.399 e. The van der Waals surface area contributed by atoms with Crippen molar-refractivity contribution in [1.29, 1.82) is 0 Å². The van der Waals surface area contributed by atoms with Gasteiger partial charge < -0.3 is 16.0 Å². The van der Waals surface area contributed by atoms with E-state index < -0.39 is 34.1 Å². The molecule has 0 spiro atoms. The monoisotopic (exact) mass is 499 g/mol. The summed E-state index contributed by atoms with van der Waals surface area (Å²) in [5, 5.41) is 2.80. The first kappa shape index (κ1) is 24.8. The Bertz CT molecular complexity index is 1220. The van der Waals surface area contributed by atoms with Gasteiger partial charge in [0.2, 0.25) is 15.9 Å². The molecule has 2 fully saturated rings. The summed E-state index contributed by atoms with van der Waals surface area (Å²) in [5.74, 6) is -1.04. The number of anilines is 1. The molecule has 2 aliphatic heterocycles. The van der Waals surface area contributed by atoms with Crippen LogP contribution in [-0.4, -0.2) is 71.4 Å². The third-order valence-electron chi connectivity index (χ3n) is 6.38. The summed E-state index contributed by atoms with van der Waals surface area (Å²) in [4.78, 5) is 44.7. The highest BCUT2D eigenvalue weighted by atomic mass is 32.2. The van der Waals surface area contributed by atoms with Crippen LogP contribution in [0, 0.1) is 5.92 Å². The van der Waals surface area contributed by atoms with E-state index in [-0.39, 0.29) is 35.6 Å². The number of rotatable bonds is 7. The summed E-state index contributed by atoms with van der Waals surface area (Å²) >= 11 is 0. The fourth-order valence-electron chi connectivity index (χ4n) is 4.74. The Kier molecular flexibility index (Phi) is 6.91. The van der Waals surface area contributed by atoms with Gasteiger partial charge in [-0.15, -0.1) is 0 Å². The van der Waals surface area contributed by atoms with E-state index in [2.05, 4.69) is 10.3 Å². The lowest BCUT2D eigenvalue weighted by atomic mass is 10.0. The number of aromatic nitrogens is 1. The van der Waals surface area contributed by atoms with Crippen molar-refractivity contribution in [2.45, 2.75) is 49.7 Å². The lowest BCUT2D eigenvalue weighted by Crippen LogP contribution is -2.53. The van der Waals surface area contributed by atoms with E-state index in [1.807, 2.05) is 13.8 Å². The molecule has 1 aromatic heterocycles. The molecular formula is C24H29N5O5S. The number of carbonyl (C=O) groups excluding carboxylic acids is 3. The van der Waals surface area contributed by atoms with Gasteiger partial charge in [-0.2, -0.15) is 4.31 Å². The smallest absolute Gasteiger partial charge is 0.251 e. The second-order valence-corrected chi connectivity index (χ2v) is 11.2. The molecule has 4 rings (SSSR count). The second-order valence-electron chi connectivity index (χ2n) is 9.32. The summed E-state index contributed by atoms with van der Waals surface area (Å²) in [6, 6.07) is 6.94. The first-order valence-electron chi connectivity index (χ1n) is 11.5. The zero-order valence-electron chi connectivity index (χ0n) is 19.6. The van der Waals surface area contributed by atoms with Crippen molar-refractivity contribution < 1.29 is 22.8 Å². The molecular weight excluding hydrogens is 470 g/mol. The van der Waals surface area contributed by atoms with E-state index in [1.54, 1.807) is 24.3 Å². The predicted molar refractivity (Wildman–Crippen MR) is 129 cm³/mol. The summed E-state index contributed by atoms with van der Waals surface area (Å²) in [7, 11) is -3.94. The summed E-state index contributed by atoms with van der Waals surface area (Å²) in [5.41, 5.74) is 6.58. The minimum absolute atomic E-state index is 0.00618. The molecule has 11 heteroatoms. The number of nitrogens with two attached hydrogens (primary N) is 1. The molecule has 0 bridgehead atoms. The van der Waals surface area contributed by atoms with E-state index in [4.69, 9.17) is 5.73 Å². The van der Waals surface area contributed by atoms with Gasteiger partial charge in [0, 0.05) is 30.2 Å². The van der Waals surface area contributed by atoms with Gasteiger partial charge >= 0.3 is 0 Å². The van der Waals surface area contributed by atoms with Gasteiger partial charge in [0.05, 0.1) is 12.6 Å². The number of amides is 2. The highest BCUT2D eigenvalue weighted by Crippen LogP contribution is 2.34. The second kappa shape index (κ2) is 9.74. The molecule has 35 heavy (non-hydrogen) atoms. The van der Waals surface area contributed by atoms with E-state index in [0.717, 1.165) is 0 Å². The molecule has 3 unspecified atom stereocenters. The number of fused-ring (bicyclic) bond motifs is 1. The van der Waals surface area contributed by atoms with Crippen LogP contribution >= 0.6 is 0 Å². The lowest BCUT2D eigenvalue weighted by Gasteiger charge is -2.29. The van der Waals surface area contributed by atoms with Crippen LogP contribution in [0.5, 0.6) is 0 Å². The number of hydrogen-bond donors (Lipinski definition) is 2. The number of benzene rings is 1. The van der Waals surface area contributed by atoms with Crippen LogP contribution < -0.4 is 11.1 Å². The van der Waals surface area contributed by atoms with E-state index in [9.17, 15) is 22.8 Å². The first-order valence-corrected chi connectivity index (χ1v) is 12.9. The first-order chi connectivity index (χ1) is 16.6. The van der Waals surface area contributed by atoms with Crippen molar-refractivity contribution >= 4 is 33.3 Å². The van der Waals surface area contributed by atoms with Crippen LogP contribution in [0.15, 0.2) is 53.7 Å².